The van der Waals surface area contributed by atoms with Crippen LogP contribution in [0.4, 0.5) is 0 Å². The van der Waals surface area contributed by atoms with Gasteiger partial charge in [0.2, 0.25) is 0 Å². The monoisotopic (exact) mass is 846 g/mol. The van der Waals surface area contributed by atoms with Crippen LogP contribution in [0.2, 0.25) is 0 Å². The second-order valence-electron chi connectivity index (χ2n) is 20.8. The summed E-state index contributed by atoms with van der Waals surface area (Å²) in [6, 6.07) is 16.7. The highest BCUT2D eigenvalue weighted by Crippen LogP contribution is 2.42. The summed E-state index contributed by atoms with van der Waals surface area (Å²) in [6.45, 7) is 20.3. The lowest BCUT2D eigenvalue weighted by Crippen LogP contribution is -2.44. The van der Waals surface area contributed by atoms with Gasteiger partial charge in [-0.1, -0.05) is 90.1 Å². The van der Waals surface area contributed by atoms with Crippen LogP contribution in [0.1, 0.15) is 134 Å². The number of piperidine rings is 2. The van der Waals surface area contributed by atoms with E-state index in [1.807, 2.05) is 0 Å². The highest BCUT2D eigenvalue weighted by atomic mass is 16.7. The Morgan fingerprint density at radius 2 is 0.661 bits per heavy atom. The van der Waals surface area contributed by atoms with Crippen LogP contribution >= 0.6 is 0 Å². The van der Waals surface area contributed by atoms with Gasteiger partial charge in [0, 0.05) is 90.6 Å². The largest absolute Gasteiger partial charge is 0.507 e. The molecular weight excluding hydrogens is 781 g/mol. The van der Waals surface area contributed by atoms with Crippen LogP contribution in [0.5, 0.6) is 23.0 Å². The van der Waals surface area contributed by atoms with Crippen LogP contribution in [-0.4, -0.2) is 94.4 Å². The van der Waals surface area contributed by atoms with Crippen LogP contribution < -0.4 is 0 Å². The van der Waals surface area contributed by atoms with Crippen LogP contribution in [-0.2, 0) is 68.6 Å². The first-order valence-electron chi connectivity index (χ1n) is 22.8. The molecule has 9 rings (SSSR count). The smallest absolute Gasteiger partial charge is 0.170 e. The molecule has 8 bridgehead atoms. The molecule has 0 aromatic heterocycles. The third-order valence-corrected chi connectivity index (χ3v) is 14.1. The molecule has 4 saturated heterocycles. The molecule has 0 atom stereocenters. The van der Waals surface area contributed by atoms with E-state index in [4.69, 9.17) is 18.9 Å². The second kappa shape index (κ2) is 16.4. The minimum Gasteiger partial charge on any atom is -0.507 e. The zero-order valence-electron chi connectivity index (χ0n) is 37.7. The zero-order chi connectivity index (χ0) is 43.6. The molecule has 10 heteroatoms. The van der Waals surface area contributed by atoms with Gasteiger partial charge in [-0.3, -0.25) is 9.80 Å². The van der Waals surface area contributed by atoms with Crippen molar-refractivity contribution in [3.63, 3.8) is 0 Å². The van der Waals surface area contributed by atoms with E-state index in [0.717, 1.165) is 119 Å². The fourth-order valence-corrected chi connectivity index (χ4v) is 10.3. The third-order valence-electron chi connectivity index (χ3n) is 14.1. The van der Waals surface area contributed by atoms with Crippen molar-refractivity contribution in [3.05, 3.63) is 115 Å². The van der Waals surface area contributed by atoms with Gasteiger partial charge in [0.15, 0.2) is 11.6 Å². The summed E-state index contributed by atoms with van der Waals surface area (Å²) in [7, 11) is 0. The maximum Gasteiger partial charge on any atom is 0.170 e. The van der Waals surface area contributed by atoms with Gasteiger partial charge < -0.3 is 39.4 Å². The summed E-state index contributed by atoms with van der Waals surface area (Å²) >= 11 is 0. The number of rotatable bonds is 4. The van der Waals surface area contributed by atoms with Gasteiger partial charge in [-0.15, -0.1) is 0 Å². The van der Waals surface area contributed by atoms with Gasteiger partial charge in [0.05, 0.1) is 26.4 Å². The van der Waals surface area contributed by atoms with E-state index in [1.54, 1.807) is 0 Å². The lowest BCUT2D eigenvalue weighted by molar-refractivity contribution is -0.186. The quantitative estimate of drug-likeness (QED) is 0.140. The molecule has 4 N–H and O–H groups in total. The molecule has 4 heterocycles. The van der Waals surface area contributed by atoms with Gasteiger partial charge >= 0.3 is 0 Å². The molecule has 2 spiro atoms. The number of nitrogens with zero attached hydrogens (tertiary/aromatic N) is 2. The number of hydrogen-bond donors (Lipinski definition) is 4. The summed E-state index contributed by atoms with van der Waals surface area (Å²) in [5, 5.41) is 49.0. The molecule has 4 aromatic rings. The number of ether oxygens (including phenoxy) is 4. The first-order valence-corrected chi connectivity index (χ1v) is 22.8. The number of hydrogen-bond acceptors (Lipinski definition) is 10. The molecule has 1 aliphatic carbocycles. The molecule has 0 saturated carbocycles. The summed E-state index contributed by atoms with van der Waals surface area (Å²) in [6.07, 6.45) is 4.45. The summed E-state index contributed by atoms with van der Waals surface area (Å²) < 4.78 is 24.1. The van der Waals surface area contributed by atoms with Crippen molar-refractivity contribution in [3.8, 4) is 23.0 Å². The molecule has 4 aliphatic heterocycles. The van der Waals surface area contributed by atoms with Gasteiger partial charge in [0.1, 0.15) is 23.0 Å². The molecule has 5 aliphatic rings. The molecule has 332 valence electrons. The Morgan fingerprint density at radius 3 is 0.903 bits per heavy atom. The van der Waals surface area contributed by atoms with Crippen LogP contribution in [0.15, 0.2) is 48.5 Å². The predicted octanol–water partition coefficient (Wildman–Crippen LogP) is 8.46. The van der Waals surface area contributed by atoms with E-state index in [-0.39, 0.29) is 33.8 Å². The fraction of sp³-hybridized carbons (Fsp3) is 0.538. The molecule has 10 nitrogen and oxygen atoms in total. The number of phenols is 4. The maximum absolute atomic E-state index is 12.2. The van der Waals surface area contributed by atoms with E-state index in [2.05, 4.69) is 99.9 Å². The minimum absolute atomic E-state index is 0.177. The van der Waals surface area contributed by atoms with E-state index < -0.39 is 11.6 Å². The fourth-order valence-electron chi connectivity index (χ4n) is 10.3. The Balaban J connectivity index is 1.15. The molecule has 0 unspecified atom stereocenters. The lowest BCUT2D eigenvalue weighted by atomic mass is 9.81. The van der Waals surface area contributed by atoms with Crippen molar-refractivity contribution in [1.82, 2.24) is 9.80 Å². The van der Waals surface area contributed by atoms with Crippen LogP contribution in [0, 0.1) is 0 Å². The number of fused-ring (bicyclic) bond motifs is 8. The van der Waals surface area contributed by atoms with E-state index in [1.165, 1.54) is 0 Å². The molecule has 4 aromatic carbocycles. The second-order valence-corrected chi connectivity index (χ2v) is 20.8. The zero-order valence-corrected chi connectivity index (χ0v) is 37.7. The van der Waals surface area contributed by atoms with Crippen molar-refractivity contribution in [1.29, 1.82) is 0 Å². The van der Waals surface area contributed by atoms with Crippen molar-refractivity contribution < 1.29 is 39.4 Å². The summed E-state index contributed by atoms with van der Waals surface area (Å²) in [5.41, 5.74) is 9.61. The maximum atomic E-state index is 12.2. The first kappa shape index (κ1) is 43.1. The van der Waals surface area contributed by atoms with E-state index in [0.29, 0.717) is 65.2 Å². The Morgan fingerprint density at radius 1 is 0.419 bits per heavy atom. The third kappa shape index (κ3) is 8.84. The van der Waals surface area contributed by atoms with E-state index in [9.17, 15) is 20.4 Å². The van der Waals surface area contributed by atoms with Crippen molar-refractivity contribution in [2.24, 2.45) is 0 Å². The minimum atomic E-state index is -0.471. The average Bonchev–Trinajstić information content (AvgIpc) is 3.88. The van der Waals surface area contributed by atoms with Gasteiger partial charge in [-0.05, 0) is 77.6 Å². The molecular formula is C52H66N2O8. The SMILES string of the molecule is CC(C)(C)c1cc2c(O)c(c1)Cc1cc(CN3CCC4(CC3)OCCO4)cc(c1O)Cc1cc(C(C)(C)C)cc(c1O)Cc1cc(CN3CCC4(CC3)OCCO4)cc(c1O)C2. The molecule has 0 amide bonds. The lowest BCUT2D eigenvalue weighted by Gasteiger charge is -2.37. The molecule has 4 fully saturated rings. The Hall–Kier alpha value is -4.16. The van der Waals surface area contributed by atoms with Gasteiger partial charge in [-0.25, -0.2) is 0 Å². The topological polar surface area (TPSA) is 124 Å². The van der Waals surface area contributed by atoms with E-state index >= 15 is 0 Å². The van der Waals surface area contributed by atoms with Crippen molar-refractivity contribution in [2.75, 3.05) is 52.6 Å². The highest BCUT2D eigenvalue weighted by molar-refractivity contribution is 5.58. The van der Waals surface area contributed by atoms with Gasteiger partial charge in [0.25, 0.3) is 0 Å². The van der Waals surface area contributed by atoms with Crippen molar-refractivity contribution in [2.45, 2.75) is 128 Å². The number of benzene rings is 4. The molecule has 0 radical (unpaired) electrons. The number of phenolic OH excluding ortho intramolecular Hbond substituents is 4. The van der Waals surface area contributed by atoms with Crippen LogP contribution in [0.25, 0.3) is 0 Å². The van der Waals surface area contributed by atoms with Crippen molar-refractivity contribution >= 4 is 0 Å². The Bertz CT molecular complexity index is 2050. The molecule has 62 heavy (non-hydrogen) atoms. The normalized spacial score (nSPS) is 20.6. The number of likely N-dealkylation sites (tertiary alicyclic amines) is 2. The number of aromatic hydroxyl groups is 4. The van der Waals surface area contributed by atoms with Crippen LogP contribution in [0.3, 0.4) is 0 Å². The first-order chi connectivity index (χ1) is 29.4. The van der Waals surface area contributed by atoms with Gasteiger partial charge in [-0.2, -0.15) is 0 Å². The standard InChI is InChI=1S/C52H66N2O8/c1-49(2,3)43-27-39-23-35-19-33(31-53-11-7-51(8-12-53)59-15-16-60-51)21-37(45(35)55)25-41-29-44(50(4,5)6)30-42(48(41)58)26-38-22-34(20-36(46(38)56)24-40(28-43)47(39)57)32-54-13-9-52(10-14-54)61-17-18-62-52/h19-22,27-30,55-58H,7-18,23-26,31-32H2,1-6H3. The summed E-state index contributed by atoms with van der Waals surface area (Å²) in [4.78, 5) is 4.84. The Kier molecular flexibility index (Phi) is 11.4. The average molecular weight is 847 g/mol. The summed E-state index contributed by atoms with van der Waals surface area (Å²) in [5.74, 6) is -0.231. The highest BCUT2D eigenvalue weighted by Gasteiger charge is 2.41. The Labute approximate surface area is 367 Å². The predicted molar refractivity (Wildman–Crippen MR) is 239 cm³/mol.